The molecule has 0 radical (unpaired) electrons. The summed E-state index contributed by atoms with van der Waals surface area (Å²) in [4.78, 5) is 11.0. The number of rotatable bonds is 3. The molecule has 2 rings (SSSR count). The molecule has 0 saturated heterocycles. The summed E-state index contributed by atoms with van der Waals surface area (Å²) < 4.78 is 10.4. The average Bonchev–Trinajstić information content (AvgIpc) is 2.65. The van der Waals surface area contributed by atoms with E-state index < -0.39 is 11.9 Å². The van der Waals surface area contributed by atoms with E-state index in [9.17, 15) is 4.79 Å². The molecular formula is C11H12O4. The Morgan fingerprint density at radius 1 is 1.47 bits per heavy atom. The highest BCUT2D eigenvalue weighted by Gasteiger charge is 2.21. The van der Waals surface area contributed by atoms with Crippen molar-refractivity contribution in [2.45, 2.75) is 19.3 Å². The summed E-state index contributed by atoms with van der Waals surface area (Å²) in [5, 5.41) is 9.00. The van der Waals surface area contributed by atoms with E-state index in [2.05, 4.69) is 0 Å². The highest BCUT2D eigenvalue weighted by atomic mass is 16.7. The minimum absolute atomic E-state index is 0.211. The minimum atomic E-state index is -0.809. The van der Waals surface area contributed by atoms with E-state index in [1.807, 2.05) is 6.92 Å². The van der Waals surface area contributed by atoms with Gasteiger partial charge in [-0.15, -0.1) is 0 Å². The third kappa shape index (κ3) is 1.75. The monoisotopic (exact) mass is 208 g/mol. The van der Waals surface area contributed by atoms with Crippen LogP contribution in [0.5, 0.6) is 11.5 Å². The van der Waals surface area contributed by atoms with Crippen molar-refractivity contribution in [2.75, 3.05) is 6.79 Å². The second-order valence-corrected chi connectivity index (χ2v) is 3.41. The molecule has 4 nitrogen and oxygen atoms in total. The van der Waals surface area contributed by atoms with Gasteiger partial charge < -0.3 is 14.6 Å². The van der Waals surface area contributed by atoms with Gasteiger partial charge in [-0.3, -0.25) is 4.79 Å². The van der Waals surface area contributed by atoms with Crippen molar-refractivity contribution in [3.63, 3.8) is 0 Å². The third-order valence-electron chi connectivity index (χ3n) is 2.51. The van der Waals surface area contributed by atoms with Crippen molar-refractivity contribution >= 4 is 5.97 Å². The topological polar surface area (TPSA) is 55.8 Å². The van der Waals surface area contributed by atoms with Gasteiger partial charge in [-0.25, -0.2) is 0 Å². The van der Waals surface area contributed by atoms with Crippen LogP contribution >= 0.6 is 0 Å². The summed E-state index contributed by atoms with van der Waals surface area (Å²) in [5.74, 6) is 0.0297. The zero-order chi connectivity index (χ0) is 10.8. The number of carboxylic acid groups (broad SMARTS) is 1. The molecule has 0 saturated carbocycles. The van der Waals surface area contributed by atoms with Gasteiger partial charge in [-0.05, 0) is 24.1 Å². The molecule has 0 unspecified atom stereocenters. The maximum Gasteiger partial charge on any atom is 0.310 e. The number of carbonyl (C=O) groups is 1. The molecule has 0 bridgehead atoms. The summed E-state index contributed by atoms with van der Waals surface area (Å²) in [6, 6.07) is 5.27. The lowest BCUT2D eigenvalue weighted by Crippen LogP contribution is -2.10. The summed E-state index contributed by atoms with van der Waals surface area (Å²) in [6.07, 6.45) is 0.564. The van der Waals surface area contributed by atoms with Crippen LogP contribution in [0.25, 0.3) is 0 Å². The van der Waals surface area contributed by atoms with Gasteiger partial charge in [0.2, 0.25) is 6.79 Å². The number of benzene rings is 1. The predicted molar refractivity (Wildman–Crippen MR) is 53.2 cm³/mol. The molecule has 4 heteroatoms. The smallest absolute Gasteiger partial charge is 0.310 e. The van der Waals surface area contributed by atoms with Gasteiger partial charge in [-0.1, -0.05) is 13.0 Å². The van der Waals surface area contributed by atoms with Gasteiger partial charge in [0.1, 0.15) is 0 Å². The zero-order valence-electron chi connectivity index (χ0n) is 8.40. The first-order chi connectivity index (χ1) is 7.22. The standard InChI is InChI=1S/C11H12O4/c1-2-8(11(12)13)7-3-4-9-10(5-7)15-6-14-9/h3-5,8H,2,6H2,1H3,(H,12,13)/t8-/m1/s1. The lowest BCUT2D eigenvalue weighted by Gasteiger charge is -2.10. The van der Waals surface area contributed by atoms with E-state index in [1.54, 1.807) is 18.2 Å². The fourth-order valence-electron chi connectivity index (χ4n) is 1.68. The summed E-state index contributed by atoms with van der Waals surface area (Å²) in [5.41, 5.74) is 0.759. The third-order valence-corrected chi connectivity index (χ3v) is 2.51. The Hall–Kier alpha value is -1.71. The van der Waals surface area contributed by atoms with Gasteiger partial charge in [0, 0.05) is 0 Å². The lowest BCUT2D eigenvalue weighted by molar-refractivity contribution is -0.138. The SMILES string of the molecule is CC[C@@H](C(=O)O)c1ccc2c(c1)OCO2. The fourth-order valence-corrected chi connectivity index (χ4v) is 1.68. The Kier molecular flexibility index (Phi) is 2.49. The largest absolute Gasteiger partial charge is 0.481 e. The molecule has 1 aromatic rings. The van der Waals surface area contributed by atoms with Crippen LogP contribution in [0.15, 0.2) is 18.2 Å². The number of hydrogen-bond donors (Lipinski definition) is 1. The lowest BCUT2D eigenvalue weighted by atomic mass is 9.96. The molecule has 0 amide bonds. The second kappa shape index (κ2) is 3.81. The summed E-state index contributed by atoms with van der Waals surface area (Å²) >= 11 is 0. The second-order valence-electron chi connectivity index (χ2n) is 3.41. The van der Waals surface area contributed by atoms with E-state index in [0.29, 0.717) is 17.9 Å². The van der Waals surface area contributed by atoms with Crippen molar-refractivity contribution < 1.29 is 19.4 Å². The number of hydrogen-bond acceptors (Lipinski definition) is 3. The molecule has 0 aliphatic carbocycles. The highest BCUT2D eigenvalue weighted by molar-refractivity contribution is 5.76. The predicted octanol–water partition coefficient (Wildman–Crippen LogP) is 1.99. The van der Waals surface area contributed by atoms with Crippen LogP contribution in [0.4, 0.5) is 0 Å². The molecule has 15 heavy (non-hydrogen) atoms. The Labute approximate surface area is 87.4 Å². The molecule has 1 aliphatic rings. The van der Waals surface area contributed by atoms with Crippen molar-refractivity contribution in [1.29, 1.82) is 0 Å². The Morgan fingerprint density at radius 3 is 2.87 bits per heavy atom. The van der Waals surface area contributed by atoms with Crippen LogP contribution in [0.1, 0.15) is 24.8 Å². The normalized spacial score (nSPS) is 15.0. The van der Waals surface area contributed by atoms with Crippen LogP contribution in [0, 0.1) is 0 Å². The quantitative estimate of drug-likeness (QED) is 0.825. The Balaban J connectivity index is 2.32. The van der Waals surface area contributed by atoms with E-state index in [1.165, 1.54) is 0 Å². The molecule has 0 spiro atoms. The maximum absolute atomic E-state index is 11.0. The number of ether oxygens (including phenoxy) is 2. The van der Waals surface area contributed by atoms with Gasteiger partial charge in [0.25, 0.3) is 0 Å². The van der Waals surface area contributed by atoms with Crippen LogP contribution in [-0.2, 0) is 4.79 Å². The van der Waals surface area contributed by atoms with Crippen LogP contribution in [0.2, 0.25) is 0 Å². The Morgan fingerprint density at radius 2 is 2.20 bits per heavy atom. The van der Waals surface area contributed by atoms with Crippen molar-refractivity contribution in [1.82, 2.24) is 0 Å². The van der Waals surface area contributed by atoms with Crippen LogP contribution in [0.3, 0.4) is 0 Å². The molecule has 0 aromatic heterocycles. The maximum atomic E-state index is 11.0. The first-order valence-electron chi connectivity index (χ1n) is 4.84. The fraction of sp³-hybridized carbons (Fsp3) is 0.364. The first-order valence-corrected chi connectivity index (χ1v) is 4.84. The van der Waals surface area contributed by atoms with Crippen LogP contribution in [-0.4, -0.2) is 17.9 Å². The first kappa shape index (κ1) is 9.83. The molecule has 1 aromatic carbocycles. The van der Waals surface area contributed by atoms with E-state index in [4.69, 9.17) is 14.6 Å². The van der Waals surface area contributed by atoms with E-state index in [-0.39, 0.29) is 6.79 Å². The van der Waals surface area contributed by atoms with Crippen molar-refractivity contribution in [3.05, 3.63) is 23.8 Å². The highest BCUT2D eigenvalue weighted by Crippen LogP contribution is 2.35. The van der Waals surface area contributed by atoms with Gasteiger partial charge in [0.15, 0.2) is 11.5 Å². The van der Waals surface area contributed by atoms with Gasteiger partial charge in [0.05, 0.1) is 5.92 Å². The molecular weight excluding hydrogens is 196 g/mol. The number of fused-ring (bicyclic) bond motifs is 1. The molecule has 1 N–H and O–H groups in total. The van der Waals surface area contributed by atoms with Crippen LogP contribution < -0.4 is 9.47 Å². The van der Waals surface area contributed by atoms with Gasteiger partial charge in [-0.2, -0.15) is 0 Å². The van der Waals surface area contributed by atoms with E-state index in [0.717, 1.165) is 5.56 Å². The molecule has 1 aliphatic heterocycles. The average molecular weight is 208 g/mol. The summed E-state index contributed by atoms with van der Waals surface area (Å²) in [6.45, 7) is 2.06. The zero-order valence-corrected chi connectivity index (χ0v) is 8.40. The van der Waals surface area contributed by atoms with Crippen molar-refractivity contribution in [2.24, 2.45) is 0 Å². The van der Waals surface area contributed by atoms with Crippen molar-refractivity contribution in [3.8, 4) is 11.5 Å². The summed E-state index contributed by atoms with van der Waals surface area (Å²) in [7, 11) is 0. The molecule has 80 valence electrons. The van der Waals surface area contributed by atoms with E-state index >= 15 is 0 Å². The minimum Gasteiger partial charge on any atom is -0.481 e. The number of carboxylic acids is 1. The molecule has 1 atom stereocenters. The Bertz CT molecular complexity index is 386. The molecule has 1 heterocycles. The number of aliphatic carboxylic acids is 1. The molecule has 0 fully saturated rings. The van der Waals surface area contributed by atoms with Gasteiger partial charge >= 0.3 is 5.97 Å².